The second-order valence-electron chi connectivity index (χ2n) is 3.25. The normalized spacial score (nSPS) is 21.1. The third-order valence-electron chi connectivity index (χ3n) is 2.19. The van der Waals surface area contributed by atoms with Crippen molar-refractivity contribution in [3.8, 4) is 5.75 Å². The smallest absolute Gasteiger partial charge is 0.116 e. The summed E-state index contributed by atoms with van der Waals surface area (Å²) in [6.07, 6.45) is 1.28. The molecule has 1 unspecified atom stereocenters. The molecule has 70 valence electrons. The molecular formula is C10H13NOS. The van der Waals surface area contributed by atoms with Crippen molar-refractivity contribution >= 4 is 11.8 Å². The van der Waals surface area contributed by atoms with Crippen LogP contribution >= 0.6 is 11.8 Å². The van der Waals surface area contributed by atoms with Gasteiger partial charge in [0.15, 0.2) is 0 Å². The Morgan fingerprint density at radius 1 is 1.54 bits per heavy atom. The Kier molecular flexibility index (Phi) is 2.76. The molecule has 1 atom stereocenters. The number of hydrogen-bond acceptors (Lipinski definition) is 3. The van der Waals surface area contributed by atoms with E-state index in [0.29, 0.717) is 11.8 Å². The number of aromatic hydroxyl groups is 1. The van der Waals surface area contributed by atoms with Gasteiger partial charge in [0.25, 0.3) is 0 Å². The molecule has 1 heterocycles. The molecule has 13 heavy (non-hydrogen) atoms. The largest absolute Gasteiger partial charge is 0.508 e. The van der Waals surface area contributed by atoms with Gasteiger partial charge >= 0.3 is 0 Å². The predicted molar refractivity (Wildman–Crippen MR) is 55.2 cm³/mol. The van der Waals surface area contributed by atoms with Gasteiger partial charge in [0.05, 0.1) is 0 Å². The highest BCUT2D eigenvalue weighted by molar-refractivity contribution is 7.99. The lowest BCUT2D eigenvalue weighted by Crippen LogP contribution is -2.44. The molecule has 0 saturated carbocycles. The maximum absolute atomic E-state index is 9.22. The molecule has 1 aliphatic heterocycles. The van der Waals surface area contributed by atoms with E-state index >= 15 is 0 Å². The minimum Gasteiger partial charge on any atom is -0.508 e. The second kappa shape index (κ2) is 4.03. The van der Waals surface area contributed by atoms with Crippen LogP contribution in [0.2, 0.25) is 0 Å². The van der Waals surface area contributed by atoms with E-state index in [9.17, 15) is 5.11 Å². The first-order valence-electron chi connectivity index (χ1n) is 4.50. The molecule has 0 radical (unpaired) electrons. The molecule has 0 bridgehead atoms. The molecule has 0 amide bonds. The summed E-state index contributed by atoms with van der Waals surface area (Å²) in [4.78, 5) is 1.15. The summed E-state index contributed by atoms with van der Waals surface area (Å²) < 4.78 is 0. The Morgan fingerprint density at radius 2 is 2.38 bits per heavy atom. The highest BCUT2D eigenvalue weighted by Crippen LogP contribution is 2.24. The van der Waals surface area contributed by atoms with Crippen molar-refractivity contribution in [3.63, 3.8) is 0 Å². The number of phenolic OH excluding ortho intramolecular Hbond substituents is 1. The average Bonchev–Trinajstić information content (AvgIpc) is 2.01. The van der Waals surface area contributed by atoms with Crippen LogP contribution in [0.1, 0.15) is 6.42 Å². The zero-order valence-electron chi connectivity index (χ0n) is 7.36. The summed E-state index contributed by atoms with van der Waals surface area (Å²) >= 11 is 1.80. The maximum atomic E-state index is 9.22. The van der Waals surface area contributed by atoms with E-state index in [2.05, 4.69) is 5.32 Å². The van der Waals surface area contributed by atoms with E-state index < -0.39 is 0 Å². The van der Waals surface area contributed by atoms with Gasteiger partial charge in [-0.25, -0.2) is 0 Å². The van der Waals surface area contributed by atoms with Crippen molar-refractivity contribution in [2.24, 2.45) is 0 Å². The number of benzene rings is 1. The van der Waals surface area contributed by atoms with Crippen LogP contribution in [-0.4, -0.2) is 23.4 Å². The fraction of sp³-hybridized carbons (Fsp3) is 0.400. The molecule has 1 saturated heterocycles. The Morgan fingerprint density at radius 3 is 3.00 bits per heavy atom. The first-order chi connectivity index (χ1) is 6.34. The van der Waals surface area contributed by atoms with E-state index in [1.165, 1.54) is 6.42 Å². The molecular weight excluding hydrogens is 182 g/mol. The van der Waals surface area contributed by atoms with Crippen molar-refractivity contribution in [2.45, 2.75) is 17.4 Å². The summed E-state index contributed by atoms with van der Waals surface area (Å²) in [5.41, 5.74) is 0. The number of hydrogen-bond donors (Lipinski definition) is 2. The van der Waals surface area contributed by atoms with Crippen molar-refractivity contribution in [2.75, 3.05) is 12.3 Å². The standard InChI is InChI=1S/C10H13NOS/c12-9-2-1-3-10(6-9)13-7-8-4-5-11-8/h1-3,6,8,11-12H,4-5,7H2. The van der Waals surface area contributed by atoms with Crippen molar-refractivity contribution < 1.29 is 5.11 Å². The van der Waals surface area contributed by atoms with Gasteiger partial charge in [0.1, 0.15) is 5.75 Å². The summed E-state index contributed by atoms with van der Waals surface area (Å²) in [7, 11) is 0. The van der Waals surface area contributed by atoms with Crippen LogP contribution in [0.15, 0.2) is 29.2 Å². The van der Waals surface area contributed by atoms with E-state index in [1.54, 1.807) is 17.8 Å². The fourth-order valence-electron chi connectivity index (χ4n) is 1.26. The van der Waals surface area contributed by atoms with Gasteiger partial charge < -0.3 is 10.4 Å². The number of rotatable bonds is 3. The molecule has 0 aromatic heterocycles. The Bertz CT molecular complexity index is 286. The maximum Gasteiger partial charge on any atom is 0.116 e. The van der Waals surface area contributed by atoms with Gasteiger partial charge in [-0.2, -0.15) is 0 Å². The lowest BCUT2D eigenvalue weighted by molar-refractivity contribution is 0.405. The van der Waals surface area contributed by atoms with Crippen LogP contribution in [-0.2, 0) is 0 Å². The Hall–Kier alpha value is -0.670. The zero-order chi connectivity index (χ0) is 9.10. The molecule has 2 rings (SSSR count). The number of thioether (sulfide) groups is 1. The lowest BCUT2D eigenvalue weighted by Gasteiger charge is -2.27. The van der Waals surface area contributed by atoms with Crippen molar-refractivity contribution in [1.82, 2.24) is 5.32 Å². The van der Waals surface area contributed by atoms with E-state index in [1.807, 2.05) is 18.2 Å². The highest BCUT2D eigenvalue weighted by atomic mass is 32.2. The van der Waals surface area contributed by atoms with Crippen molar-refractivity contribution in [1.29, 1.82) is 0 Å². The van der Waals surface area contributed by atoms with Gasteiger partial charge in [-0.1, -0.05) is 6.07 Å². The van der Waals surface area contributed by atoms with Crippen LogP contribution < -0.4 is 5.32 Å². The van der Waals surface area contributed by atoms with Gasteiger partial charge in [0.2, 0.25) is 0 Å². The molecule has 1 fully saturated rings. The quantitative estimate of drug-likeness (QED) is 0.722. The fourth-order valence-corrected chi connectivity index (χ4v) is 2.32. The molecule has 1 aliphatic rings. The van der Waals surface area contributed by atoms with Crippen LogP contribution in [0.25, 0.3) is 0 Å². The van der Waals surface area contributed by atoms with E-state index in [4.69, 9.17) is 0 Å². The average molecular weight is 195 g/mol. The topological polar surface area (TPSA) is 32.3 Å². The van der Waals surface area contributed by atoms with Gasteiger partial charge in [0, 0.05) is 16.7 Å². The molecule has 1 aromatic carbocycles. The summed E-state index contributed by atoms with van der Waals surface area (Å²) in [6.45, 7) is 1.16. The summed E-state index contributed by atoms with van der Waals surface area (Å²) in [5, 5.41) is 12.6. The monoisotopic (exact) mass is 195 g/mol. The van der Waals surface area contributed by atoms with Crippen LogP contribution in [0.5, 0.6) is 5.75 Å². The van der Waals surface area contributed by atoms with Crippen LogP contribution in [0.3, 0.4) is 0 Å². The van der Waals surface area contributed by atoms with Gasteiger partial charge in [-0.3, -0.25) is 0 Å². The van der Waals surface area contributed by atoms with E-state index in [0.717, 1.165) is 17.2 Å². The zero-order valence-corrected chi connectivity index (χ0v) is 8.18. The number of phenols is 1. The second-order valence-corrected chi connectivity index (χ2v) is 4.34. The van der Waals surface area contributed by atoms with Crippen LogP contribution in [0, 0.1) is 0 Å². The minimum atomic E-state index is 0.353. The molecule has 0 spiro atoms. The predicted octanol–water partition coefficient (Wildman–Crippen LogP) is 1.85. The Balaban J connectivity index is 1.86. The molecule has 2 nitrogen and oxygen atoms in total. The SMILES string of the molecule is Oc1cccc(SCC2CCN2)c1. The van der Waals surface area contributed by atoms with Gasteiger partial charge in [-0.05, 0) is 31.2 Å². The Labute approximate surface area is 82.4 Å². The molecule has 0 aliphatic carbocycles. The van der Waals surface area contributed by atoms with Crippen LogP contribution in [0.4, 0.5) is 0 Å². The first-order valence-corrected chi connectivity index (χ1v) is 5.48. The third kappa shape index (κ3) is 2.39. The highest BCUT2D eigenvalue weighted by Gasteiger charge is 2.15. The first kappa shape index (κ1) is 8.91. The molecule has 3 heteroatoms. The minimum absolute atomic E-state index is 0.353. The van der Waals surface area contributed by atoms with Gasteiger partial charge in [-0.15, -0.1) is 11.8 Å². The van der Waals surface area contributed by atoms with E-state index in [-0.39, 0.29) is 0 Å². The molecule has 1 aromatic rings. The lowest BCUT2D eigenvalue weighted by atomic mass is 10.1. The summed E-state index contributed by atoms with van der Waals surface area (Å²) in [6, 6.07) is 8.09. The summed E-state index contributed by atoms with van der Waals surface area (Å²) in [5.74, 6) is 1.45. The third-order valence-corrected chi connectivity index (χ3v) is 3.35. The molecule has 2 N–H and O–H groups in total. The number of nitrogens with one attached hydrogen (secondary N) is 1. The van der Waals surface area contributed by atoms with Crippen molar-refractivity contribution in [3.05, 3.63) is 24.3 Å².